The number of hydrogen-bond donors (Lipinski definition) is 1. The summed E-state index contributed by atoms with van der Waals surface area (Å²) in [5, 5.41) is 11.7. The quantitative estimate of drug-likeness (QED) is 0.150. The first-order chi connectivity index (χ1) is 28.3. The zero-order chi connectivity index (χ0) is 43.7. The van der Waals surface area contributed by atoms with E-state index < -0.39 is 28.7 Å². The first-order valence-electron chi connectivity index (χ1n) is 20.3. The van der Waals surface area contributed by atoms with Crippen LogP contribution in [0.5, 0.6) is 5.75 Å². The van der Waals surface area contributed by atoms with Crippen LogP contribution in [0.15, 0.2) is 54.6 Å². The molecule has 6 rings (SSSR count). The third kappa shape index (κ3) is 9.41. The summed E-state index contributed by atoms with van der Waals surface area (Å²) in [6, 6.07) is 16.6. The second kappa shape index (κ2) is 17.8. The van der Waals surface area contributed by atoms with Gasteiger partial charge < -0.3 is 9.64 Å². The third-order valence-electron chi connectivity index (χ3n) is 11.8. The van der Waals surface area contributed by atoms with E-state index in [1.54, 1.807) is 24.8 Å². The predicted molar refractivity (Wildman–Crippen MR) is 226 cm³/mol. The van der Waals surface area contributed by atoms with Crippen molar-refractivity contribution in [1.82, 2.24) is 15.1 Å². The number of amides is 3. The molecule has 3 fully saturated rings. The monoisotopic (exact) mass is 844 g/mol. The Morgan fingerprint density at radius 2 is 1.73 bits per heavy atom. The fourth-order valence-corrected chi connectivity index (χ4v) is 9.13. The number of hydrogen-bond acceptors (Lipinski definition) is 9. The molecule has 3 aromatic rings. The maximum Gasteiger partial charge on any atom is 0.417 e. The van der Waals surface area contributed by atoms with Gasteiger partial charge in [-0.1, -0.05) is 31.2 Å². The molecule has 0 saturated carbocycles. The maximum absolute atomic E-state index is 13.8. The molecule has 15 heteroatoms. The Bertz CT molecular complexity index is 2230. The molecule has 0 aliphatic carbocycles. The van der Waals surface area contributed by atoms with Gasteiger partial charge in [-0.2, -0.15) is 18.4 Å². The lowest BCUT2D eigenvalue weighted by Gasteiger charge is -2.44. The van der Waals surface area contributed by atoms with E-state index in [0.717, 1.165) is 52.4 Å². The number of Topliss-reactive ketones (excluding diaryl/α,β-unsaturated/α-hetero) is 1. The second-order valence-corrected chi connectivity index (χ2v) is 17.0. The van der Waals surface area contributed by atoms with Crippen LogP contribution in [-0.2, 0) is 44.6 Å². The number of ketones is 1. The molecule has 60 heavy (non-hydrogen) atoms. The van der Waals surface area contributed by atoms with Crippen molar-refractivity contribution in [2.45, 2.75) is 97.4 Å². The van der Waals surface area contributed by atoms with Crippen molar-refractivity contribution in [2.75, 3.05) is 42.6 Å². The number of piperazine rings is 1. The number of alkyl halides is 3. The fraction of sp³-hybridized carbons (Fsp3) is 0.467. The summed E-state index contributed by atoms with van der Waals surface area (Å²) >= 11 is 5.79. The average molecular weight is 845 g/mol. The van der Waals surface area contributed by atoms with Crippen molar-refractivity contribution in [3.05, 3.63) is 88.0 Å². The lowest BCUT2D eigenvalue weighted by Crippen LogP contribution is -2.58. The van der Waals surface area contributed by atoms with E-state index in [4.69, 9.17) is 17.0 Å². The Hall–Kier alpha value is -5.17. The summed E-state index contributed by atoms with van der Waals surface area (Å²) in [6.45, 7) is 14.4. The molecular weight excluding hydrogens is 794 g/mol. The van der Waals surface area contributed by atoms with Crippen LogP contribution >= 0.6 is 12.2 Å². The van der Waals surface area contributed by atoms with Crippen LogP contribution in [0.4, 0.5) is 24.5 Å². The highest BCUT2D eigenvalue weighted by atomic mass is 32.1. The largest absolute Gasteiger partial charge is 0.492 e. The topological polar surface area (TPSA) is 126 Å². The number of benzene rings is 3. The third-order valence-corrected chi connectivity index (χ3v) is 12.2. The predicted octanol–water partition coefficient (Wildman–Crippen LogP) is 6.55. The van der Waals surface area contributed by atoms with Gasteiger partial charge >= 0.3 is 6.18 Å². The lowest BCUT2D eigenvalue weighted by atomic mass is 9.90. The number of ether oxygens (including phenoxy) is 1. The van der Waals surface area contributed by atoms with E-state index >= 15 is 0 Å². The van der Waals surface area contributed by atoms with Crippen molar-refractivity contribution in [3.8, 4) is 11.8 Å². The molecule has 3 atom stereocenters. The van der Waals surface area contributed by atoms with Crippen LogP contribution in [0.25, 0.3) is 0 Å². The number of anilines is 2. The highest BCUT2D eigenvalue weighted by molar-refractivity contribution is 7.81. The number of carbonyl (C=O) groups is 4. The molecule has 0 radical (unpaired) electrons. The summed E-state index contributed by atoms with van der Waals surface area (Å²) in [5.74, 6) is -0.407. The number of aryl methyl sites for hydroxylation is 2. The van der Waals surface area contributed by atoms with Gasteiger partial charge in [-0.05, 0) is 119 Å². The molecule has 1 unspecified atom stereocenters. The van der Waals surface area contributed by atoms with Gasteiger partial charge in [0.2, 0.25) is 11.8 Å². The lowest BCUT2D eigenvalue weighted by molar-refractivity contribution is -0.138. The molecule has 1 N–H and O–H groups in total. The first-order valence-corrected chi connectivity index (χ1v) is 20.7. The van der Waals surface area contributed by atoms with E-state index in [0.29, 0.717) is 63.2 Å². The summed E-state index contributed by atoms with van der Waals surface area (Å²) in [6.07, 6.45) is -2.50. The Morgan fingerprint density at radius 3 is 2.38 bits per heavy atom. The number of thiocarbonyl (C=S) groups is 1. The second-order valence-electron chi connectivity index (χ2n) is 16.6. The number of piperidine rings is 1. The molecule has 318 valence electrons. The minimum Gasteiger partial charge on any atom is -0.492 e. The van der Waals surface area contributed by atoms with E-state index in [1.165, 1.54) is 6.07 Å². The molecule has 3 aromatic carbocycles. The number of rotatable bonds is 13. The normalized spacial score (nSPS) is 21.3. The average Bonchev–Trinajstić information content (AvgIpc) is 3.35. The zero-order valence-electron chi connectivity index (χ0n) is 34.8. The van der Waals surface area contributed by atoms with Gasteiger partial charge in [-0.15, -0.1) is 0 Å². The van der Waals surface area contributed by atoms with Gasteiger partial charge in [0.25, 0.3) is 5.91 Å². The Morgan fingerprint density at radius 1 is 1.03 bits per heavy atom. The van der Waals surface area contributed by atoms with Crippen LogP contribution in [0.2, 0.25) is 0 Å². The number of nitriles is 1. The van der Waals surface area contributed by atoms with Gasteiger partial charge in [0, 0.05) is 56.2 Å². The number of carbonyl (C=O) groups excluding carboxylic acids is 4. The summed E-state index contributed by atoms with van der Waals surface area (Å²) in [7, 11) is 0. The minimum absolute atomic E-state index is 0.0296. The van der Waals surface area contributed by atoms with Gasteiger partial charge in [-0.25, -0.2) is 0 Å². The van der Waals surface area contributed by atoms with E-state index in [-0.39, 0.29) is 46.4 Å². The molecule has 3 saturated heterocycles. The molecule has 0 bridgehead atoms. The Labute approximate surface area is 354 Å². The van der Waals surface area contributed by atoms with Gasteiger partial charge in [0.1, 0.15) is 17.9 Å². The smallest absolute Gasteiger partial charge is 0.417 e. The van der Waals surface area contributed by atoms with Crippen molar-refractivity contribution in [1.29, 1.82) is 5.26 Å². The van der Waals surface area contributed by atoms with Crippen molar-refractivity contribution < 1.29 is 37.1 Å². The molecule has 3 heterocycles. The molecule has 11 nitrogen and oxygen atoms in total. The Kier molecular flexibility index (Phi) is 13.2. The summed E-state index contributed by atoms with van der Waals surface area (Å²) in [5.41, 5.74) is 1.19. The van der Waals surface area contributed by atoms with Crippen molar-refractivity contribution in [3.63, 3.8) is 0 Å². The number of imide groups is 1. The molecule has 3 amide bonds. The van der Waals surface area contributed by atoms with Crippen LogP contribution in [-0.4, -0.2) is 88.8 Å². The highest BCUT2D eigenvalue weighted by Gasteiger charge is 2.51. The van der Waals surface area contributed by atoms with Crippen molar-refractivity contribution in [2.24, 2.45) is 5.92 Å². The fourth-order valence-electron chi connectivity index (χ4n) is 8.61. The first kappa shape index (κ1) is 44.4. The standard InChI is InChI=1S/C45H51F3N6O5S/c1-7-32-21-38(54-43(60)53(42(58)44(54,5)6)35-13-11-34(23-49)37(22-35)45(46,47)48)27(2)17-39(32)59-16-15-51-24-28(3)52(29(4)25-51)26-36(55)20-31-10-8-9-30(18-31)19-33-12-14-40(56)50-41(33)57/h8-11,13,17-18,21-22,28-29,33H,7,12,14-16,19-20,24-26H2,1-6H3,(H,50,56,57)/t28-,29+,33?. The minimum atomic E-state index is -4.80. The van der Waals surface area contributed by atoms with E-state index in [2.05, 4.69) is 29.0 Å². The summed E-state index contributed by atoms with van der Waals surface area (Å²) < 4.78 is 47.9. The highest BCUT2D eigenvalue weighted by Crippen LogP contribution is 2.42. The van der Waals surface area contributed by atoms with Gasteiger partial charge in [0.05, 0.1) is 29.4 Å². The summed E-state index contributed by atoms with van der Waals surface area (Å²) in [4.78, 5) is 58.3. The van der Waals surface area contributed by atoms with Crippen LogP contribution < -0.4 is 19.9 Å². The van der Waals surface area contributed by atoms with Crippen LogP contribution in [0, 0.1) is 24.2 Å². The molecule has 3 aliphatic heterocycles. The zero-order valence-corrected chi connectivity index (χ0v) is 35.6. The molecule has 3 aliphatic rings. The molecular formula is C45H51F3N6O5S. The number of nitrogens with one attached hydrogen (secondary N) is 1. The van der Waals surface area contributed by atoms with Gasteiger partial charge in [-0.3, -0.25) is 39.2 Å². The van der Waals surface area contributed by atoms with E-state index in [9.17, 15) is 37.6 Å². The van der Waals surface area contributed by atoms with Crippen LogP contribution in [0.3, 0.4) is 0 Å². The Balaban J connectivity index is 1.05. The van der Waals surface area contributed by atoms with Crippen molar-refractivity contribution >= 4 is 52.2 Å². The molecule has 0 spiro atoms. The number of nitrogens with zero attached hydrogens (tertiary/aromatic N) is 5. The van der Waals surface area contributed by atoms with Crippen LogP contribution in [0.1, 0.15) is 80.8 Å². The van der Waals surface area contributed by atoms with E-state index in [1.807, 2.05) is 50.2 Å². The SMILES string of the molecule is CCc1cc(N2C(=S)N(c3ccc(C#N)c(C(F)(F)F)c3)C(=O)C2(C)C)c(C)cc1OCCN1C[C@@H](C)N(CC(=O)Cc2cccc(CC3CCC(=O)NC3=O)c2)[C@@H](C)C1. The van der Waals surface area contributed by atoms with Gasteiger partial charge in [0.15, 0.2) is 10.9 Å². The molecule has 0 aromatic heterocycles. The number of halogens is 3. The maximum atomic E-state index is 13.8.